The average molecular weight is 222 g/mol. The Hall–Kier alpha value is -1.55. The fourth-order valence-corrected chi connectivity index (χ4v) is 1.18. The quantitative estimate of drug-likeness (QED) is 0.738. The molecule has 0 fully saturated rings. The summed E-state index contributed by atoms with van der Waals surface area (Å²) in [6.45, 7) is 4.31. The molecule has 0 unspecified atom stereocenters. The van der Waals surface area contributed by atoms with Crippen LogP contribution >= 0.6 is 0 Å². The van der Waals surface area contributed by atoms with Crippen LogP contribution in [-0.2, 0) is 16.1 Å². The molecule has 4 nitrogen and oxygen atoms in total. The predicted octanol–water partition coefficient (Wildman–Crippen LogP) is 1.31. The second-order valence-electron chi connectivity index (χ2n) is 3.84. The summed E-state index contributed by atoms with van der Waals surface area (Å²) in [5.41, 5.74) is 7.35. The lowest BCUT2D eigenvalue weighted by atomic mass is 10.2. The smallest absolute Gasteiger partial charge is 0.246 e. The molecule has 1 aromatic carbocycles. The molecule has 0 saturated carbocycles. The minimum Gasteiger partial charge on any atom is -0.398 e. The zero-order valence-electron chi connectivity index (χ0n) is 9.69. The van der Waals surface area contributed by atoms with Gasteiger partial charge >= 0.3 is 0 Å². The van der Waals surface area contributed by atoms with Gasteiger partial charge in [0.25, 0.3) is 0 Å². The van der Waals surface area contributed by atoms with Gasteiger partial charge in [0.15, 0.2) is 0 Å². The molecule has 16 heavy (non-hydrogen) atoms. The second-order valence-corrected chi connectivity index (χ2v) is 3.84. The minimum atomic E-state index is -0.128. The first-order chi connectivity index (χ1) is 7.59. The van der Waals surface area contributed by atoms with Crippen LogP contribution in [0.2, 0.25) is 0 Å². The molecule has 0 spiro atoms. The number of carbonyl (C=O) groups is 1. The Kier molecular flexibility index (Phi) is 4.79. The van der Waals surface area contributed by atoms with Crippen LogP contribution in [0.3, 0.4) is 0 Å². The van der Waals surface area contributed by atoms with Gasteiger partial charge in [-0.15, -0.1) is 0 Å². The number of para-hydroxylation sites is 1. The van der Waals surface area contributed by atoms with E-state index >= 15 is 0 Å². The third-order valence-electron chi connectivity index (χ3n) is 2.08. The maximum atomic E-state index is 11.4. The highest BCUT2D eigenvalue weighted by Gasteiger charge is 2.04. The number of ether oxygens (including phenoxy) is 1. The van der Waals surface area contributed by atoms with E-state index in [2.05, 4.69) is 5.32 Å². The van der Waals surface area contributed by atoms with E-state index in [1.807, 2.05) is 38.1 Å². The normalized spacial score (nSPS) is 10.4. The Morgan fingerprint density at radius 3 is 2.75 bits per heavy atom. The largest absolute Gasteiger partial charge is 0.398 e. The van der Waals surface area contributed by atoms with E-state index in [0.717, 1.165) is 5.56 Å². The first-order valence-electron chi connectivity index (χ1n) is 5.31. The lowest BCUT2D eigenvalue weighted by molar-refractivity contribution is -0.127. The van der Waals surface area contributed by atoms with Crippen molar-refractivity contribution in [1.82, 2.24) is 5.32 Å². The average Bonchev–Trinajstić information content (AvgIpc) is 2.25. The molecule has 0 aliphatic carbocycles. The minimum absolute atomic E-state index is 0.0625. The summed E-state index contributed by atoms with van der Waals surface area (Å²) < 4.78 is 5.18. The highest BCUT2D eigenvalue weighted by Crippen LogP contribution is 2.09. The van der Waals surface area contributed by atoms with Gasteiger partial charge < -0.3 is 15.8 Å². The zero-order chi connectivity index (χ0) is 12.0. The maximum absolute atomic E-state index is 11.4. The van der Waals surface area contributed by atoms with Crippen molar-refractivity contribution in [3.05, 3.63) is 29.8 Å². The molecule has 0 aromatic heterocycles. The van der Waals surface area contributed by atoms with Gasteiger partial charge in [-0.1, -0.05) is 18.2 Å². The van der Waals surface area contributed by atoms with Crippen molar-refractivity contribution in [2.24, 2.45) is 0 Å². The van der Waals surface area contributed by atoms with E-state index in [9.17, 15) is 4.79 Å². The molecule has 1 rings (SSSR count). The Balaban J connectivity index is 2.35. The van der Waals surface area contributed by atoms with Crippen LogP contribution < -0.4 is 11.1 Å². The fourth-order valence-electron chi connectivity index (χ4n) is 1.18. The molecular formula is C12H18N2O2. The third-order valence-corrected chi connectivity index (χ3v) is 2.08. The second kappa shape index (κ2) is 6.12. The predicted molar refractivity (Wildman–Crippen MR) is 63.8 cm³/mol. The van der Waals surface area contributed by atoms with E-state index in [4.69, 9.17) is 10.5 Å². The standard InChI is InChI=1S/C12H18N2O2/c1-9(2)16-8-12(15)14-7-10-5-3-4-6-11(10)13/h3-6,9H,7-8,13H2,1-2H3,(H,14,15). The number of amides is 1. The van der Waals surface area contributed by atoms with Crippen LogP contribution in [0.1, 0.15) is 19.4 Å². The van der Waals surface area contributed by atoms with Gasteiger partial charge in [0.2, 0.25) is 5.91 Å². The van der Waals surface area contributed by atoms with Crippen LogP contribution in [0.15, 0.2) is 24.3 Å². The summed E-state index contributed by atoms with van der Waals surface area (Å²) in [5, 5.41) is 2.75. The summed E-state index contributed by atoms with van der Waals surface area (Å²) >= 11 is 0. The van der Waals surface area contributed by atoms with Crippen molar-refractivity contribution in [3.8, 4) is 0 Å². The zero-order valence-corrected chi connectivity index (χ0v) is 9.69. The topological polar surface area (TPSA) is 64.3 Å². The van der Waals surface area contributed by atoms with Crippen LogP contribution in [0.4, 0.5) is 5.69 Å². The number of carbonyl (C=O) groups excluding carboxylic acids is 1. The number of nitrogens with one attached hydrogen (secondary N) is 1. The number of nitrogens with two attached hydrogens (primary N) is 1. The Labute approximate surface area is 95.8 Å². The monoisotopic (exact) mass is 222 g/mol. The first-order valence-corrected chi connectivity index (χ1v) is 5.31. The third kappa shape index (κ3) is 4.31. The van der Waals surface area contributed by atoms with Crippen LogP contribution in [0, 0.1) is 0 Å². The summed E-state index contributed by atoms with van der Waals surface area (Å²) in [5.74, 6) is -0.128. The molecule has 0 saturated heterocycles. The van der Waals surface area contributed by atoms with Gasteiger partial charge in [0, 0.05) is 12.2 Å². The molecular weight excluding hydrogens is 204 g/mol. The van der Waals surface area contributed by atoms with Crippen molar-refractivity contribution < 1.29 is 9.53 Å². The van der Waals surface area contributed by atoms with Crippen LogP contribution in [0.25, 0.3) is 0 Å². The number of nitrogen functional groups attached to an aromatic ring is 1. The Bertz CT molecular complexity index is 351. The van der Waals surface area contributed by atoms with Crippen molar-refractivity contribution in [3.63, 3.8) is 0 Å². The molecule has 1 aromatic rings. The van der Waals surface area contributed by atoms with Crippen molar-refractivity contribution >= 4 is 11.6 Å². The molecule has 88 valence electrons. The van der Waals surface area contributed by atoms with Gasteiger partial charge in [-0.05, 0) is 25.5 Å². The molecule has 0 aliphatic heterocycles. The highest BCUT2D eigenvalue weighted by atomic mass is 16.5. The summed E-state index contributed by atoms with van der Waals surface area (Å²) in [6, 6.07) is 7.45. The van der Waals surface area contributed by atoms with Gasteiger partial charge in [-0.25, -0.2) is 0 Å². The van der Waals surface area contributed by atoms with E-state index < -0.39 is 0 Å². The Morgan fingerprint density at radius 2 is 2.12 bits per heavy atom. The SMILES string of the molecule is CC(C)OCC(=O)NCc1ccccc1N. The number of benzene rings is 1. The van der Waals surface area contributed by atoms with Crippen molar-refractivity contribution in [2.45, 2.75) is 26.5 Å². The van der Waals surface area contributed by atoms with Gasteiger partial charge in [0.05, 0.1) is 6.10 Å². The number of hydrogen-bond acceptors (Lipinski definition) is 3. The van der Waals surface area contributed by atoms with E-state index in [1.165, 1.54) is 0 Å². The van der Waals surface area contributed by atoms with E-state index in [1.54, 1.807) is 0 Å². The number of hydrogen-bond donors (Lipinski definition) is 2. The number of anilines is 1. The van der Waals surface area contributed by atoms with Gasteiger partial charge in [-0.3, -0.25) is 4.79 Å². The molecule has 4 heteroatoms. The molecule has 0 aliphatic rings. The maximum Gasteiger partial charge on any atom is 0.246 e. The summed E-state index contributed by atoms with van der Waals surface area (Å²) in [7, 11) is 0. The summed E-state index contributed by atoms with van der Waals surface area (Å²) in [6.07, 6.45) is 0.0625. The fraction of sp³-hybridized carbons (Fsp3) is 0.417. The van der Waals surface area contributed by atoms with Crippen molar-refractivity contribution in [1.29, 1.82) is 0 Å². The molecule has 1 amide bonds. The molecule has 0 atom stereocenters. The molecule has 0 radical (unpaired) electrons. The summed E-state index contributed by atoms with van der Waals surface area (Å²) in [4.78, 5) is 11.4. The molecule has 0 heterocycles. The van der Waals surface area contributed by atoms with Crippen molar-refractivity contribution in [2.75, 3.05) is 12.3 Å². The molecule has 0 bridgehead atoms. The lowest BCUT2D eigenvalue weighted by Gasteiger charge is -2.09. The van der Waals surface area contributed by atoms with Crippen LogP contribution in [-0.4, -0.2) is 18.6 Å². The first kappa shape index (κ1) is 12.5. The highest BCUT2D eigenvalue weighted by molar-refractivity contribution is 5.77. The van der Waals surface area contributed by atoms with Gasteiger partial charge in [0.1, 0.15) is 6.61 Å². The van der Waals surface area contributed by atoms with Gasteiger partial charge in [-0.2, -0.15) is 0 Å². The van der Waals surface area contributed by atoms with E-state index in [0.29, 0.717) is 12.2 Å². The Morgan fingerprint density at radius 1 is 1.44 bits per heavy atom. The molecule has 3 N–H and O–H groups in total. The van der Waals surface area contributed by atoms with Crippen LogP contribution in [0.5, 0.6) is 0 Å². The number of rotatable bonds is 5. The lowest BCUT2D eigenvalue weighted by Crippen LogP contribution is -2.28. The van der Waals surface area contributed by atoms with E-state index in [-0.39, 0.29) is 18.6 Å².